The second kappa shape index (κ2) is 9.42. The van der Waals surface area contributed by atoms with Gasteiger partial charge in [0, 0.05) is 43.6 Å². The largest absolute Gasteiger partial charge is 0.369 e. The lowest BCUT2D eigenvalue weighted by atomic mass is 10.0. The Morgan fingerprint density at radius 1 is 0.966 bits per heavy atom. The van der Waals surface area contributed by atoms with Gasteiger partial charge in [-0.1, -0.05) is 37.3 Å². The molecule has 5 heteroatoms. The fraction of sp³-hybridized carbons (Fsp3) is 0.458. The van der Waals surface area contributed by atoms with Crippen molar-refractivity contribution in [2.75, 3.05) is 56.0 Å². The molecule has 154 valence electrons. The highest BCUT2D eigenvalue weighted by Crippen LogP contribution is 2.31. The standard InChI is InChI=1S/C24H32N4O/c1-2-26-15-17-27(18-16-26)22-12-10-21(11-13-22)25-24(29)19-28-14-6-9-23(28)20-7-4-3-5-8-20/h3-5,7-8,10-13,23H,2,6,9,14-19H2,1H3,(H,25,29). The van der Waals surface area contributed by atoms with Gasteiger partial charge < -0.3 is 15.1 Å². The Kier molecular flexibility index (Phi) is 6.47. The minimum absolute atomic E-state index is 0.0668. The maximum Gasteiger partial charge on any atom is 0.238 e. The molecule has 1 amide bonds. The molecule has 4 rings (SSSR count). The van der Waals surface area contributed by atoms with Crippen LogP contribution in [0.2, 0.25) is 0 Å². The number of carbonyl (C=O) groups is 1. The van der Waals surface area contributed by atoms with Crippen molar-refractivity contribution < 1.29 is 4.79 Å². The SMILES string of the molecule is CCN1CCN(c2ccc(NC(=O)CN3CCCC3c3ccccc3)cc2)CC1. The van der Waals surface area contributed by atoms with Crippen molar-refractivity contribution in [3.8, 4) is 0 Å². The predicted octanol–water partition coefficient (Wildman–Crippen LogP) is 3.60. The second-order valence-corrected chi connectivity index (χ2v) is 8.06. The number of carbonyl (C=O) groups excluding carboxylic acids is 1. The summed E-state index contributed by atoms with van der Waals surface area (Å²) in [6.07, 6.45) is 2.27. The molecule has 2 aliphatic heterocycles. The van der Waals surface area contributed by atoms with E-state index in [1.54, 1.807) is 0 Å². The van der Waals surface area contributed by atoms with Crippen molar-refractivity contribution >= 4 is 17.3 Å². The van der Waals surface area contributed by atoms with Crippen molar-refractivity contribution in [2.45, 2.75) is 25.8 Å². The van der Waals surface area contributed by atoms with Crippen LogP contribution >= 0.6 is 0 Å². The van der Waals surface area contributed by atoms with Gasteiger partial charge in [0.25, 0.3) is 0 Å². The van der Waals surface area contributed by atoms with Crippen LogP contribution in [0.4, 0.5) is 11.4 Å². The van der Waals surface area contributed by atoms with Gasteiger partial charge in [-0.3, -0.25) is 9.69 Å². The molecule has 0 aromatic heterocycles. The normalized spacial score (nSPS) is 20.7. The van der Waals surface area contributed by atoms with Crippen LogP contribution in [-0.4, -0.2) is 61.5 Å². The zero-order valence-electron chi connectivity index (χ0n) is 17.4. The highest BCUT2D eigenvalue weighted by atomic mass is 16.2. The summed E-state index contributed by atoms with van der Waals surface area (Å²) in [5.74, 6) is 0.0668. The first kappa shape index (κ1) is 19.9. The minimum atomic E-state index is 0.0668. The van der Waals surface area contributed by atoms with E-state index in [4.69, 9.17) is 0 Å². The third kappa shape index (κ3) is 4.98. The number of amides is 1. The number of benzene rings is 2. The molecule has 0 saturated carbocycles. The summed E-state index contributed by atoms with van der Waals surface area (Å²) in [6, 6.07) is 19.2. The first-order chi connectivity index (χ1) is 14.2. The number of nitrogens with zero attached hydrogens (tertiary/aromatic N) is 3. The molecule has 2 aromatic rings. The summed E-state index contributed by atoms with van der Waals surface area (Å²) in [5, 5.41) is 3.08. The highest BCUT2D eigenvalue weighted by molar-refractivity contribution is 5.92. The number of hydrogen-bond donors (Lipinski definition) is 1. The number of rotatable bonds is 6. The maximum atomic E-state index is 12.6. The molecule has 2 aromatic carbocycles. The third-order valence-electron chi connectivity index (χ3n) is 6.23. The quantitative estimate of drug-likeness (QED) is 0.815. The van der Waals surface area contributed by atoms with Gasteiger partial charge in [-0.15, -0.1) is 0 Å². The molecule has 1 N–H and O–H groups in total. The molecule has 2 heterocycles. The molecule has 2 fully saturated rings. The first-order valence-electron chi connectivity index (χ1n) is 10.9. The van der Waals surface area contributed by atoms with E-state index < -0.39 is 0 Å². The molecule has 1 unspecified atom stereocenters. The summed E-state index contributed by atoms with van der Waals surface area (Å²) in [4.78, 5) is 19.8. The molecule has 2 aliphatic rings. The van der Waals surface area contributed by atoms with E-state index in [1.165, 1.54) is 11.3 Å². The Morgan fingerprint density at radius 2 is 1.69 bits per heavy atom. The Morgan fingerprint density at radius 3 is 2.38 bits per heavy atom. The van der Waals surface area contributed by atoms with Crippen LogP contribution in [0.15, 0.2) is 54.6 Å². The fourth-order valence-electron chi connectivity index (χ4n) is 4.53. The third-order valence-corrected chi connectivity index (χ3v) is 6.23. The van der Waals surface area contributed by atoms with Crippen LogP contribution in [0.5, 0.6) is 0 Å². The lowest BCUT2D eigenvalue weighted by molar-refractivity contribution is -0.117. The van der Waals surface area contributed by atoms with Crippen molar-refractivity contribution in [2.24, 2.45) is 0 Å². The molecular weight excluding hydrogens is 360 g/mol. The van der Waals surface area contributed by atoms with Gasteiger partial charge in [0.15, 0.2) is 0 Å². The van der Waals surface area contributed by atoms with E-state index in [2.05, 4.69) is 63.3 Å². The van der Waals surface area contributed by atoms with Gasteiger partial charge >= 0.3 is 0 Å². The van der Waals surface area contributed by atoms with E-state index in [0.717, 1.165) is 57.8 Å². The highest BCUT2D eigenvalue weighted by Gasteiger charge is 2.27. The smallest absolute Gasteiger partial charge is 0.238 e. The topological polar surface area (TPSA) is 38.8 Å². The average molecular weight is 393 g/mol. The van der Waals surface area contributed by atoms with Crippen LogP contribution in [0.25, 0.3) is 0 Å². The summed E-state index contributed by atoms with van der Waals surface area (Å²) in [5.41, 5.74) is 3.43. The Bertz CT molecular complexity index is 784. The van der Waals surface area contributed by atoms with Gasteiger partial charge in [0.1, 0.15) is 0 Å². The Balaban J connectivity index is 1.31. The summed E-state index contributed by atoms with van der Waals surface area (Å²) in [6.45, 7) is 9.14. The van der Waals surface area contributed by atoms with Gasteiger partial charge in [0.2, 0.25) is 5.91 Å². The summed E-state index contributed by atoms with van der Waals surface area (Å²) >= 11 is 0. The molecule has 0 aliphatic carbocycles. The molecule has 5 nitrogen and oxygen atoms in total. The van der Waals surface area contributed by atoms with Gasteiger partial charge in [-0.05, 0) is 55.8 Å². The van der Waals surface area contributed by atoms with Crippen LogP contribution in [0, 0.1) is 0 Å². The zero-order valence-corrected chi connectivity index (χ0v) is 17.4. The predicted molar refractivity (Wildman–Crippen MR) is 119 cm³/mol. The average Bonchev–Trinajstić information content (AvgIpc) is 3.23. The summed E-state index contributed by atoms with van der Waals surface area (Å²) in [7, 11) is 0. The van der Waals surface area contributed by atoms with Crippen LogP contribution in [0.1, 0.15) is 31.4 Å². The Hall–Kier alpha value is -2.37. The number of piperazine rings is 1. The van der Waals surface area contributed by atoms with Crippen LogP contribution < -0.4 is 10.2 Å². The number of likely N-dealkylation sites (N-methyl/N-ethyl adjacent to an activating group) is 1. The Labute approximate surface area is 174 Å². The van der Waals surface area contributed by atoms with Gasteiger partial charge in [-0.25, -0.2) is 0 Å². The lowest BCUT2D eigenvalue weighted by Gasteiger charge is -2.35. The number of anilines is 2. The van der Waals surface area contributed by atoms with Crippen molar-refractivity contribution in [1.82, 2.24) is 9.80 Å². The molecule has 2 saturated heterocycles. The first-order valence-corrected chi connectivity index (χ1v) is 10.9. The van der Waals surface area contributed by atoms with E-state index in [0.29, 0.717) is 12.6 Å². The van der Waals surface area contributed by atoms with Crippen molar-refractivity contribution in [3.63, 3.8) is 0 Å². The van der Waals surface area contributed by atoms with E-state index in [-0.39, 0.29) is 5.91 Å². The zero-order chi connectivity index (χ0) is 20.1. The number of likely N-dealkylation sites (tertiary alicyclic amines) is 1. The second-order valence-electron chi connectivity index (χ2n) is 8.06. The maximum absolute atomic E-state index is 12.6. The van der Waals surface area contributed by atoms with Gasteiger partial charge in [0.05, 0.1) is 6.54 Å². The van der Waals surface area contributed by atoms with Crippen LogP contribution in [-0.2, 0) is 4.79 Å². The fourth-order valence-corrected chi connectivity index (χ4v) is 4.53. The van der Waals surface area contributed by atoms with Crippen LogP contribution in [0.3, 0.4) is 0 Å². The molecular formula is C24H32N4O. The van der Waals surface area contributed by atoms with E-state index in [9.17, 15) is 4.79 Å². The minimum Gasteiger partial charge on any atom is -0.369 e. The molecule has 0 radical (unpaired) electrons. The monoisotopic (exact) mass is 392 g/mol. The molecule has 0 bridgehead atoms. The van der Waals surface area contributed by atoms with E-state index >= 15 is 0 Å². The lowest BCUT2D eigenvalue weighted by Crippen LogP contribution is -2.46. The number of hydrogen-bond acceptors (Lipinski definition) is 4. The van der Waals surface area contributed by atoms with E-state index in [1.807, 2.05) is 18.2 Å². The molecule has 0 spiro atoms. The summed E-state index contributed by atoms with van der Waals surface area (Å²) < 4.78 is 0. The molecule has 29 heavy (non-hydrogen) atoms. The van der Waals surface area contributed by atoms with Crippen molar-refractivity contribution in [1.29, 1.82) is 0 Å². The van der Waals surface area contributed by atoms with Gasteiger partial charge in [-0.2, -0.15) is 0 Å². The number of nitrogens with one attached hydrogen (secondary N) is 1. The van der Waals surface area contributed by atoms with Crippen molar-refractivity contribution in [3.05, 3.63) is 60.2 Å². The molecule has 1 atom stereocenters.